The number of hydrogen-bond donors (Lipinski definition) is 2. The van der Waals surface area contributed by atoms with Crippen LogP contribution in [0, 0.1) is 6.92 Å². The predicted octanol–water partition coefficient (Wildman–Crippen LogP) is 2.67. The number of rotatable bonds is 4. The van der Waals surface area contributed by atoms with Crippen LogP contribution in [0.15, 0.2) is 23.2 Å². The molecule has 0 aliphatic heterocycles. The molecule has 0 unspecified atom stereocenters. The van der Waals surface area contributed by atoms with E-state index < -0.39 is 5.60 Å². The topological polar surface area (TPSA) is 93.9 Å². The Morgan fingerprint density at radius 1 is 1.35 bits per heavy atom. The third-order valence-electron chi connectivity index (χ3n) is 3.47. The van der Waals surface area contributed by atoms with E-state index in [4.69, 9.17) is 16.2 Å². The summed E-state index contributed by atoms with van der Waals surface area (Å²) in [5.74, 6) is 0.0695. The summed E-state index contributed by atoms with van der Waals surface area (Å²) in [6.07, 6.45) is 1.73. The van der Waals surface area contributed by atoms with Crippen molar-refractivity contribution < 1.29 is 9.53 Å². The summed E-state index contributed by atoms with van der Waals surface area (Å²) in [6.45, 7) is 8.04. The van der Waals surface area contributed by atoms with Crippen molar-refractivity contribution >= 4 is 17.7 Å². The van der Waals surface area contributed by atoms with Gasteiger partial charge in [0.05, 0.1) is 12.2 Å². The minimum Gasteiger partial charge on any atom is -0.443 e. The van der Waals surface area contributed by atoms with Gasteiger partial charge in [0.2, 0.25) is 0 Å². The van der Waals surface area contributed by atoms with Gasteiger partial charge in [0.1, 0.15) is 5.60 Å². The summed E-state index contributed by atoms with van der Waals surface area (Å²) >= 11 is 0. The summed E-state index contributed by atoms with van der Waals surface area (Å²) in [7, 11) is 0. The molecule has 6 heteroatoms. The highest BCUT2D eigenvalue weighted by atomic mass is 16.6. The lowest BCUT2D eigenvalue weighted by atomic mass is 10.1. The van der Waals surface area contributed by atoms with Crippen molar-refractivity contribution in [3.05, 3.63) is 29.3 Å². The molecule has 4 N–H and O–H groups in total. The van der Waals surface area contributed by atoms with E-state index in [2.05, 4.69) is 4.99 Å². The fourth-order valence-electron chi connectivity index (χ4n) is 2.36. The molecule has 1 saturated carbocycles. The Balaban J connectivity index is 2.23. The zero-order chi connectivity index (χ0) is 17.2. The Morgan fingerprint density at radius 3 is 2.48 bits per heavy atom. The lowest BCUT2D eigenvalue weighted by Crippen LogP contribution is -2.38. The first kappa shape index (κ1) is 17.1. The molecule has 1 aliphatic carbocycles. The summed E-state index contributed by atoms with van der Waals surface area (Å²) in [5, 5.41) is 0. The number of guanidine groups is 1. The van der Waals surface area contributed by atoms with Crippen LogP contribution in [-0.2, 0) is 11.3 Å². The Hall–Kier alpha value is -2.24. The lowest BCUT2D eigenvalue weighted by molar-refractivity contribution is 0.0577. The number of nitrogens with two attached hydrogens (primary N) is 2. The average molecular weight is 318 g/mol. The van der Waals surface area contributed by atoms with Crippen LogP contribution in [0.4, 0.5) is 10.5 Å². The smallest absolute Gasteiger partial charge is 0.415 e. The van der Waals surface area contributed by atoms with Crippen LogP contribution in [0.2, 0.25) is 0 Å². The van der Waals surface area contributed by atoms with Crippen LogP contribution in [0.5, 0.6) is 0 Å². The molecular weight excluding hydrogens is 292 g/mol. The van der Waals surface area contributed by atoms with Crippen LogP contribution in [0.1, 0.15) is 44.7 Å². The van der Waals surface area contributed by atoms with Crippen LogP contribution in [0.25, 0.3) is 0 Å². The Bertz CT molecular complexity index is 612. The molecule has 1 aliphatic rings. The predicted molar refractivity (Wildman–Crippen MR) is 92.4 cm³/mol. The number of hydrogen-bond acceptors (Lipinski definition) is 3. The van der Waals surface area contributed by atoms with Crippen molar-refractivity contribution in [3.8, 4) is 0 Å². The molecule has 6 nitrogen and oxygen atoms in total. The number of nitrogens with zero attached hydrogens (tertiary/aromatic N) is 2. The summed E-state index contributed by atoms with van der Waals surface area (Å²) in [6, 6.07) is 6.11. The van der Waals surface area contributed by atoms with Gasteiger partial charge < -0.3 is 16.2 Å². The number of amides is 1. The number of benzene rings is 1. The van der Waals surface area contributed by atoms with E-state index in [-0.39, 0.29) is 18.1 Å². The average Bonchev–Trinajstić information content (AvgIpc) is 3.21. The number of ether oxygens (including phenoxy) is 1. The van der Waals surface area contributed by atoms with Crippen LogP contribution >= 0.6 is 0 Å². The highest BCUT2D eigenvalue weighted by Crippen LogP contribution is 2.35. The zero-order valence-electron chi connectivity index (χ0n) is 14.3. The molecule has 0 bridgehead atoms. The molecule has 126 valence electrons. The van der Waals surface area contributed by atoms with Gasteiger partial charge in [-0.3, -0.25) is 4.90 Å². The Labute approximate surface area is 137 Å². The molecule has 0 aromatic heterocycles. The van der Waals surface area contributed by atoms with Crippen molar-refractivity contribution in [1.29, 1.82) is 0 Å². The quantitative estimate of drug-likeness (QED) is 0.659. The van der Waals surface area contributed by atoms with E-state index in [0.717, 1.165) is 29.7 Å². The fraction of sp³-hybridized carbons (Fsp3) is 0.529. The maximum Gasteiger partial charge on any atom is 0.415 e. The molecule has 0 heterocycles. The van der Waals surface area contributed by atoms with Crippen LogP contribution in [0.3, 0.4) is 0 Å². The monoisotopic (exact) mass is 318 g/mol. The third kappa shape index (κ3) is 4.87. The molecule has 23 heavy (non-hydrogen) atoms. The molecule has 1 fully saturated rings. The lowest BCUT2D eigenvalue weighted by Gasteiger charge is -2.28. The van der Waals surface area contributed by atoms with E-state index in [1.807, 2.05) is 45.9 Å². The van der Waals surface area contributed by atoms with Gasteiger partial charge in [0.25, 0.3) is 0 Å². The number of carbonyl (C=O) groups excluding carboxylic acids is 1. The fourth-order valence-corrected chi connectivity index (χ4v) is 2.36. The molecule has 0 radical (unpaired) electrons. The molecule has 1 aromatic rings. The number of anilines is 1. The number of aliphatic imine (C=N–C) groups is 1. The van der Waals surface area contributed by atoms with Gasteiger partial charge in [-0.25, -0.2) is 9.79 Å². The standard InChI is InChI=1S/C17H26N4O2/c1-11-9-12(10-20-15(18)19)5-8-14(11)21(13-6-7-13)16(22)23-17(2,3)4/h5,8-9,13H,6-7,10H2,1-4H3,(H4,18,19,20). The van der Waals surface area contributed by atoms with E-state index in [1.54, 1.807) is 4.90 Å². The minimum atomic E-state index is -0.508. The molecule has 0 spiro atoms. The van der Waals surface area contributed by atoms with Crippen molar-refractivity contribution in [2.45, 2.75) is 58.7 Å². The summed E-state index contributed by atoms with van der Waals surface area (Å²) in [4.78, 5) is 18.3. The van der Waals surface area contributed by atoms with Crippen LogP contribution < -0.4 is 16.4 Å². The first-order valence-corrected chi connectivity index (χ1v) is 7.84. The molecule has 1 aromatic carbocycles. The van der Waals surface area contributed by atoms with Crippen molar-refractivity contribution in [2.24, 2.45) is 16.5 Å². The highest BCUT2D eigenvalue weighted by Gasteiger charge is 2.37. The summed E-state index contributed by atoms with van der Waals surface area (Å²) in [5.41, 5.74) is 13.1. The van der Waals surface area contributed by atoms with Gasteiger partial charge in [0, 0.05) is 6.04 Å². The Morgan fingerprint density at radius 2 is 2.00 bits per heavy atom. The largest absolute Gasteiger partial charge is 0.443 e. The van der Waals surface area contributed by atoms with Gasteiger partial charge in [0.15, 0.2) is 5.96 Å². The zero-order valence-corrected chi connectivity index (χ0v) is 14.3. The molecule has 0 saturated heterocycles. The van der Waals surface area contributed by atoms with Crippen LogP contribution in [-0.4, -0.2) is 23.7 Å². The van der Waals surface area contributed by atoms with E-state index in [1.165, 1.54) is 0 Å². The Kier molecular flexibility index (Phi) is 4.82. The SMILES string of the molecule is Cc1cc(CN=C(N)N)ccc1N(C(=O)OC(C)(C)C)C1CC1. The van der Waals surface area contributed by atoms with E-state index in [9.17, 15) is 4.79 Å². The highest BCUT2D eigenvalue weighted by molar-refractivity contribution is 5.90. The second-order valence-corrected chi connectivity index (χ2v) is 6.94. The second-order valence-electron chi connectivity index (χ2n) is 6.94. The van der Waals surface area contributed by atoms with Gasteiger partial charge in [-0.15, -0.1) is 0 Å². The van der Waals surface area contributed by atoms with Gasteiger partial charge in [-0.1, -0.05) is 12.1 Å². The minimum absolute atomic E-state index is 0.0695. The van der Waals surface area contributed by atoms with Gasteiger partial charge >= 0.3 is 6.09 Å². The number of aryl methyl sites for hydroxylation is 1. The van der Waals surface area contributed by atoms with E-state index in [0.29, 0.717) is 6.54 Å². The molecule has 0 atom stereocenters. The first-order chi connectivity index (χ1) is 10.7. The molecular formula is C17H26N4O2. The van der Waals surface area contributed by atoms with Crippen molar-refractivity contribution in [3.63, 3.8) is 0 Å². The summed E-state index contributed by atoms with van der Waals surface area (Å²) < 4.78 is 5.55. The van der Waals surface area contributed by atoms with Crippen molar-refractivity contribution in [1.82, 2.24) is 0 Å². The maximum absolute atomic E-state index is 12.5. The third-order valence-corrected chi connectivity index (χ3v) is 3.47. The normalized spacial score (nSPS) is 14.3. The second kappa shape index (κ2) is 6.48. The maximum atomic E-state index is 12.5. The van der Waals surface area contributed by atoms with Gasteiger partial charge in [-0.05, 0) is 57.7 Å². The van der Waals surface area contributed by atoms with Crippen molar-refractivity contribution in [2.75, 3.05) is 4.90 Å². The van der Waals surface area contributed by atoms with E-state index >= 15 is 0 Å². The first-order valence-electron chi connectivity index (χ1n) is 7.84. The number of carbonyl (C=O) groups is 1. The molecule has 1 amide bonds. The molecule has 2 rings (SSSR count). The van der Waals surface area contributed by atoms with Gasteiger partial charge in [-0.2, -0.15) is 0 Å².